The molecule has 5 heteroatoms. The lowest BCUT2D eigenvalue weighted by Crippen LogP contribution is -2.61. The lowest BCUT2D eigenvalue weighted by Gasteiger charge is -2.36. The van der Waals surface area contributed by atoms with Crippen molar-refractivity contribution in [1.82, 2.24) is 9.80 Å². The van der Waals surface area contributed by atoms with Gasteiger partial charge in [-0.05, 0) is 0 Å². The van der Waals surface area contributed by atoms with Crippen LogP contribution in [0.15, 0.2) is 0 Å². The topological polar surface area (TPSA) is 66.6 Å². The van der Waals surface area contributed by atoms with Gasteiger partial charge in [0.1, 0.15) is 6.04 Å². The lowest BCUT2D eigenvalue weighted by molar-refractivity contribution is -0.143. The van der Waals surface area contributed by atoms with Crippen molar-refractivity contribution in [1.29, 1.82) is 0 Å². The predicted octanol–water partition coefficient (Wildman–Crippen LogP) is -1.37. The molecule has 13 heavy (non-hydrogen) atoms. The molecule has 0 aromatic carbocycles. The number of β-lactam (4-membered cyclic amide) rings is 1. The van der Waals surface area contributed by atoms with Gasteiger partial charge >= 0.3 is 0 Å². The standard InChI is InChI=1S/C8H15N3O2/c1-10(2)7(12)3-4-11-5-6(9)8(11)13/h6H,3-5,9H2,1-2H3. The number of carbonyl (C=O) groups excluding carboxylic acids is 2. The van der Waals surface area contributed by atoms with Crippen LogP contribution in [0.1, 0.15) is 6.42 Å². The van der Waals surface area contributed by atoms with E-state index in [1.54, 1.807) is 19.0 Å². The molecule has 1 fully saturated rings. The summed E-state index contributed by atoms with van der Waals surface area (Å²) in [7, 11) is 3.40. The van der Waals surface area contributed by atoms with Crippen LogP contribution in [0.25, 0.3) is 0 Å². The molecular formula is C8H15N3O2. The van der Waals surface area contributed by atoms with E-state index >= 15 is 0 Å². The SMILES string of the molecule is CN(C)C(=O)CCN1CC(N)C1=O. The molecule has 2 amide bonds. The Morgan fingerprint density at radius 3 is 2.69 bits per heavy atom. The van der Waals surface area contributed by atoms with Gasteiger partial charge in [-0.1, -0.05) is 0 Å². The smallest absolute Gasteiger partial charge is 0.241 e. The molecule has 74 valence electrons. The molecule has 1 heterocycles. The first-order valence-corrected chi connectivity index (χ1v) is 4.27. The molecule has 1 saturated heterocycles. The summed E-state index contributed by atoms with van der Waals surface area (Å²) >= 11 is 0. The number of amides is 2. The average Bonchev–Trinajstić information content (AvgIpc) is 2.10. The van der Waals surface area contributed by atoms with Gasteiger partial charge < -0.3 is 15.5 Å². The first-order chi connectivity index (χ1) is 6.02. The van der Waals surface area contributed by atoms with Crippen LogP contribution in [0.3, 0.4) is 0 Å². The van der Waals surface area contributed by atoms with E-state index in [1.807, 2.05) is 0 Å². The van der Waals surface area contributed by atoms with Crippen molar-refractivity contribution in [2.45, 2.75) is 12.5 Å². The Labute approximate surface area is 77.5 Å². The van der Waals surface area contributed by atoms with E-state index in [-0.39, 0.29) is 17.9 Å². The fraction of sp³-hybridized carbons (Fsp3) is 0.750. The second kappa shape index (κ2) is 3.74. The van der Waals surface area contributed by atoms with Crippen LogP contribution in [0.4, 0.5) is 0 Å². The van der Waals surface area contributed by atoms with Crippen LogP contribution in [-0.2, 0) is 9.59 Å². The largest absolute Gasteiger partial charge is 0.349 e. The minimum atomic E-state index is -0.338. The van der Waals surface area contributed by atoms with Gasteiger partial charge in [0, 0.05) is 33.6 Å². The highest BCUT2D eigenvalue weighted by atomic mass is 16.2. The normalized spacial score (nSPS) is 21.3. The zero-order chi connectivity index (χ0) is 10.0. The fourth-order valence-electron chi connectivity index (χ4n) is 1.18. The number of nitrogens with two attached hydrogens (primary N) is 1. The van der Waals surface area contributed by atoms with E-state index < -0.39 is 0 Å². The summed E-state index contributed by atoms with van der Waals surface area (Å²) in [4.78, 5) is 25.3. The van der Waals surface area contributed by atoms with Crippen molar-refractivity contribution in [3.05, 3.63) is 0 Å². The maximum absolute atomic E-state index is 11.1. The number of rotatable bonds is 3. The molecule has 0 saturated carbocycles. The third-order valence-electron chi connectivity index (χ3n) is 2.14. The van der Waals surface area contributed by atoms with Crippen molar-refractivity contribution in [3.63, 3.8) is 0 Å². The Hall–Kier alpha value is -1.10. The van der Waals surface area contributed by atoms with Gasteiger partial charge in [0.05, 0.1) is 0 Å². The number of hydrogen-bond acceptors (Lipinski definition) is 3. The van der Waals surface area contributed by atoms with Crippen molar-refractivity contribution in [3.8, 4) is 0 Å². The van der Waals surface area contributed by atoms with E-state index in [9.17, 15) is 9.59 Å². The minimum absolute atomic E-state index is 0.0354. The summed E-state index contributed by atoms with van der Waals surface area (Å²) < 4.78 is 0. The minimum Gasteiger partial charge on any atom is -0.349 e. The van der Waals surface area contributed by atoms with Crippen molar-refractivity contribution >= 4 is 11.8 Å². The molecule has 0 bridgehead atoms. The summed E-state index contributed by atoms with van der Waals surface area (Å²) in [5.74, 6) is -0.0140. The van der Waals surface area contributed by atoms with Crippen molar-refractivity contribution in [2.24, 2.45) is 5.73 Å². The summed E-state index contributed by atoms with van der Waals surface area (Å²) in [5, 5.41) is 0. The fourth-order valence-corrected chi connectivity index (χ4v) is 1.18. The number of carbonyl (C=O) groups is 2. The Balaban J connectivity index is 2.21. The second-order valence-corrected chi connectivity index (χ2v) is 3.43. The van der Waals surface area contributed by atoms with Gasteiger partial charge in [0.25, 0.3) is 0 Å². The first-order valence-electron chi connectivity index (χ1n) is 4.27. The zero-order valence-corrected chi connectivity index (χ0v) is 7.99. The Kier molecular flexibility index (Phi) is 2.87. The maximum Gasteiger partial charge on any atom is 0.241 e. The summed E-state index contributed by atoms with van der Waals surface area (Å²) in [5.41, 5.74) is 5.39. The monoisotopic (exact) mass is 185 g/mol. The first kappa shape index (κ1) is 9.98. The highest BCUT2D eigenvalue weighted by molar-refractivity contribution is 5.88. The maximum atomic E-state index is 11.1. The molecule has 1 aliphatic heterocycles. The molecule has 0 aromatic heterocycles. The van der Waals surface area contributed by atoms with Crippen LogP contribution in [0, 0.1) is 0 Å². The second-order valence-electron chi connectivity index (χ2n) is 3.43. The van der Waals surface area contributed by atoms with E-state index in [0.29, 0.717) is 19.5 Å². The third-order valence-corrected chi connectivity index (χ3v) is 2.14. The van der Waals surface area contributed by atoms with Gasteiger partial charge in [-0.2, -0.15) is 0 Å². The highest BCUT2D eigenvalue weighted by Crippen LogP contribution is 2.08. The molecule has 0 radical (unpaired) electrons. The molecule has 1 unspecified atom stereocenters. The summed E-state index contributed by atoms with van der Waals surface area (Å²) in [6, 6.07) is -0.338. The molecule has 5 nitrogen and oxygen atoms in total. The lowest BCUT2D eigenvalue weighted by atomic mass is 10.1. The molecule has 0 spiro atoms. The van der Waals surface area contributed by atoms with Gasteiger partial charge in [0.2, 0.25) is 11.8 Å². The molecule has 0 aliphatic carbocycles. The average molecular weight is 185 g/mol. The molecule has 1 rings (SSSR count). The summed E-state index contributed by atoms with van der Waals surface area (Å²) in [6.45, 7) is 1.07. The van der Waals surface area contributed by atoms with E-state index in [1.165, 1.54) is 4.90 Å². The Morgan fingerprint density at radius 1 is 1.69 bits per heavy atom. The zero-order valence-electron chi connectivity index (χ0n) is 7.99. The highest BCUT2D eigenvalue weighted by Gasteiger charge is 2.33. The molecule has 2 N–H and O–H groups in total. The van der Waals surface area contributed by atoms with Crippen molar-refractivity contribution < 1.29 is 9.59 Å². The van der Waals surface area contributed by atoms with E-state index in [0.717, 1.165) is 0 Å². The Morgan fingerprint density at radius 2 is 2.31 bits per heavy atom. The molecular weight excluding hydrogens is 170 g/mol. The third kappa shape index (κ3) is 2.18. The molecule has 1 atom stereocenters. The van der Waals surface area contributed by atoms with Gasteiger partial charge in [0.15, 0.2) is 0 Å². The summed E-state index contributed by atoms with van der Waals surface area (Å²) in [6.07, 6.45) is 0.380. The van der Waals surface area contributed by atoms with Gasteiger partial charge in [-0.25, -0.2) is 0 Å². The quantitative estimate of drug-likeness (QED) is 0.552. The molecule has 1 aliphatic rings. The van der Waals surface area contributed by atoms with Crippen molar-refractivity contribution in [2.75, 3.05) is 27.2 Å². The van der Waals surface area contributed by atoms with Crippen LogP contribution in [0.2, 0.25) is 0 Å². The van der Waals surface area contributed by atoms with E-state index in [2.05, 4.69) is 0 Å². The van der Waals surface area contributed by atoms with Gasteiger partial charge in [-0.3, -0.25) is 9.59 Å². The van der Waals surface area contributed by atoms with Crippen LogP contribution >= 0.6 is 0 Å². The number of nitrogens with zero attached hydrogens (tertiary/aromatic N) is 2. The Bertz CT molecular complexity index is 227. The van der Waals surface area contributed by atoms with E-state index in [4.69, 9.17) is 5.73 Å². The predicted molar refractivity (Wildman–Crippen MR) is 47.9 cm³/mol. The van der Waals surface area contributed by atoms with Gasteiger partial charge in [-0.15, -0.1) is 0 Å². The van der Waals surface area contributed by atoms with Crippen LogP contribution in [-0.4, -0.2) is 54.8 Å². The number of likely N-dealkylation sites (tertiary alicyclic amines) is 1. The van der Waals surface area contributed by atoms with Crippen LogP contribution < -0.4 is 5.73 Å². The van der Waals surface area contributed by atoms with Crippen LogP contribution in [0.5, 0.6) is 0 Å². The molecule has 0 aromatic rings. The number of hydrogen-bond donors (Lipinski definition) is 1.